The highest BCUT2D eigenvalue weighted by Crippen LogP contribution is 2.26. The number of aromatic nitrogens is 1. The number of methoxy groups -OCH3 is 1. The highest BCUT2D eigenvalue weighted by molar-refractivity contribution is 6.04. The molecule has 2 bridgehead atoms. The molecule has 1 amide bonds. The molecule has 3 saturated heterocycles. The number of anilines is 2. The van der Waals surface area contributed by atoms with Gasteiger partial charge in [0.05, 0.1) is 24.6 Å². The first-order valence-corrected chi connectivity index (χ1v) is 8.13. The fourth-order valence-electron chi connectivity index (χ4n) is 3.35. The molecule has 2 aromatic rings. The Bertz CT molecular complexity index is 748. The molecular weight excluding hydrogens is 304 g/mol. The molecule has 0 spiro atoms. The van der Waals surface area contributed by atoms with E-state index in [9.17, 15) is 4.79 Å². The number of carbonyl (C=O) groups is 1. The maximum atomic E-state index is 12.5. The van der Waals surface area contributed by atoms with Gasteiger partial charge in [0.15, 0.2) is 0 Å². The SMILES string of the molecule is COc1cccc(NC(=O)c2cncc(N3CC4CC(C3)N4)c2)c1. The number of piperazine rings is 1. The lowest BCUT2D eigenvalue weighted by atomic mass is 9.91. The van der Waals surface area contributed by atoms with E-state index in [2.05, 4.69) is 20.5 Å². The molecule has 3 aliphatic rings. The Hall–Kier alpha value is -2.60. The van der Waals surface area contributed by atoms with Gasteiger partial charge in [-0.1, -0.05) is 6.07 Å². The summed E-state index contributed by atoms with van der Waals surface area (Å²) in [6.45, 7) is 1.94. The first-order valence-electron chi connectivity index (χ1n) is 8.13. The Labute approximate surface area is 140 Å². The second-order valence-electron chi connectivity index (χ2n) is 6.32. The van der Waals surface area contributed by atoms with Crippen molar-refractivity contribution >= 4 is 17.3 Å². The third-order valence-corrected chi connectivity index (χ3v) is 4.60. The molecule has 3 aliphatic heterocycles. The number of hydrogen-bond acceptors (Lipinski definition) is 5. The van der Waals surface area contributed by atoms with Crippen molar-refractivity contribution in [1.82, 2.24) is 10.3 Å². The van der Waals surface area contributed by atoms with E-state index in [1.807, 2.05) is 30.5 Å². The minimum atomic E-state index is -0.169. The van der Waals surface area contributed by atoms with Gasteiger partial charge >= 0.3 is 0 Å². The Kier molecular flexibility index (Phi) is 3.82. The molecule has 6 nitrogen and oxygen atoms in total. The monoisotopic (exact) mass is 324 g/mol. The average Bonchev–Trinajstić information content (AvgIpc) is 2.61. The van der Waals surface area contributed by atoms with Crippen LogP contribution in [0.1, 0.15) is 16.8 Å². The summed E-state index contributed by atoms with van der Waals surface area (Å²) >= 11 is 0. The molecule has 6 heteroatoms. The van der Waals surface area contributed by atoms with Crippen LogP contribution in [0.5, 0.6) is 5.75 Å². The zero-order valence-corrected chi connectivity index (χ0v) is 13.5. The number of nitrogens with one attached hydrogen (secondary N) is 2. The van der Waals surface area contributed by atoms with Crippen LogP contribution in [0.4, 0.5) is 11.4 Å². The van der Waals surface area contributed by atoms with Crippen LogP contribution < -0.4 is 20.3 Å². The number of carbonyl (C=O) groups excluding carboxylic acids is 1. The van der Waals surface area contributed by atoms with E-state index in [0.717, 1.165) is 18.8 Å². The van der Waals surface area contributed by atoms with Crippen LogP contribution in [-0.4, -0.2) is 43.2 Å². The van der Waals surface area contributed by atoms with Gasteiger partial charge < -0.3 is 20.3 Å². The number of rotatable bonds is 4. The molecule has 2 unspecified atom stereocenters. The van der Waals surface area contributed by atoms with E-state index in [1.165, 1.54) is 6.42 Å². The fraction of sp³-hybridized carbons (Fsp3) is 0.333. The molecule has 0 radical (unpaired) electrons. The van der Waals surface area contributed by atoms with Gasteiger partial charge in [-0.25, -0.2) is 0 Å². The number of benzene rings is 1. The van der Waals surface area contributed by atoms with Crippen molar-refractivity contribution in [2.24, 2.45) is 0 Å². The third-order valence-electron chi connectivity index (χ3n) is 4.60. The van der Waals surface area contributed by atoms with Crippen molar-refractivity contribution in [3.8, 4) is 5.75 Å². The molecule has 1 aromatic carbocycles. The van der Waals surface area contributed by atoms with Gasteiger partial charge in [-0.2, -0.15) is 0 Å². The van der Waals surface area contributed by atoms with Gasteiger partial charge in [-0.3, -0.25) is 9.78 Å². The predicted molar refractivity (Wildman–Crippen MR) is 92.7 cm³/mol. The summed E-state index contributed by atoms with van der Waals surface area (Å²) in [7, 11) is 1.60. The van der Waals surface area contributed by atoms with Crippen molar-refractivity contribution in [3.05, 3.63) is 48.3 Å². The van der Waals surface area contributed by atoms with E-state index >= 15 is 0 Å². The largest absolute Gasteiger partial charge is 0.497 e. The molecule has 24 heavy (non-hydrogen) atoms. The smallest absolute Gasteiger partial charge is 0.257 e. The molecule has 5 rings (SSSR count). The number of piperidine rings is 1. The summed E-state index contributed by atoms with van der Waals surface area (Å²) in [6, 6.07) is 10.4. The van der Waals surface area contributed by atoms with Gasteiger partial charge in [0.1, 0.15) is 5.75 Å². The van der Waals surface area contributed by atoms with Crippen molar-refractivity contribution in [2.45, 2.75) is 18.5 Å². The van der Waals surface area contributed by atoms with Crippen LogP contribution in [0.15, 0.2) is 42.7 Å². The van der Waals surface area contributed by atoms with E-state index < -0.39 is 0 Å². The Balaban J connectivity index is 1.49. The maximum Gasteiger partial charge on any atom is 0.257 e. The van der Waals surface area contributed by atoms with Crippen molar-refractivity contribution in [3.63, 3.8) is 0 Å². The lowest BCUT2D eigenvalue weighted by Gasteiger charge is -2.49. The Morgan fingerprint density at radius 3 is 2.83 bits per heavy atom. The number of amides is 1. The quantitative estimate of drug-likeness (QED) is 0.899. The summed E-state index contributed by atoms with van der Waals surface area (Å²) < 4.78 is 5.18. The van der Waals surface area contributed by atoms with Crippen LogP contribution in [0.2, 0.25) is 0 Å². The van der Waals surface area contributed by atoms with Gasteiger partial charge in [0.2, 0.25) is 0 Å². The second kappa shape index (κ2) is 6.13. The predicted octanol–water partition coefficient (Wildman–Crippen LogP) is 1.89. The van der Waals surface area contributed by atoms with Crippen molar-refractivity contribution in [1.29, 1.82) is 0 Å². The van der Waals surface area contributed by atoms with E-state index in [0.29, 0.717) is 29.1 Å². The normalized spacial score (nSPS) is 21.8. The lowest BCUT2D eigenvalue weighted by Crippen LogP contribution is -2.67. The van der Waals surface area contributed by atoms with Crippen molar-refractivity contribution < 1.29 is 9.53 Å². The number of pyridine rings is 1. The molecule has 124 valence electrons. The van der Waals surface area contributed by atoms with Crippen LogP contribution in [0.25, 0.3) is 0 Å². The molecule has 0 saturated carbocycles. The summed E-state index contributed by atoms with van der Waals surface area (Å²) in [6.07, 6.45) is 4.68. The first-order chi connectivity index (χ1) is 11.7. The fourth-order valence-corrected chi connectivity index (χ4v) is 3.35. The summed E-state index contributed by atoms with van der Waals surface area (Å²) in [5.41, 5.74) is 2.26. The highest BCUT2D eigenvalue weighted by atomic mass is 16.5. The minimum absolute atomic E-state index is 0.169. The Morgan fingerprint density at radius 2 is 2.08 bits per heavy atom. The van der Waals surface area contributed by atoms with Gasteiger partial charge in [-0.15, -0.1) is 0 Å². The zero-order valence-electron chi connectivity index (χ0n) is 13.5. The van der Waals surface area contributed by atoms with Gasteiger partial charge in [0, 0.05) is 43.1 Å². The van der Waals surface area contributed by atoms with Gasteiger partial charge in [-0.05, 0) is 24.6 Å². The molecular formula is C18H20N4O2. The summed E-state index contributed by atoms with van der Waals surface area (Å²) in [5, 5.41) is 6.40. The summed E-state index contributed by atoms with van der Waals surface area (Å²) in [5.74, 6) is 0.539. The molecule has 1 aromatic heterocycles. The number of ether oxygens (including phenoxy) is 1. The number of hydrogen-bond donors (Lipinski definition) is 2. The third kappa shape index (κ3) is 2.92. The molecule has 2 N–H and O–H groups in total. The maximum absolute atomic E-state index is 12.5. The highest BCUT2D eigenvalue weighted by Gasteiger charge is 2.36. The van der Waals surface area contributed by atoms with E-state index in [4.69, 9.17) is 4.74 Å². The molecule has 0 aliphatic carbocycles. The zero-order chi connectivity index (χ0) is 16.5. The minimum Gasteiger partial charge on any atom is -0.497 e. The van der Waals surface area contributed by atoms with Crippen molar-refractivity contribution in [2.75, 3.05) is 30.4 Å². The van der Waals surface area contributed by atoms with Gasteiger partial charge in [0.25, 0.3) is 5.91 Å². The van der Waals surface area contributed by atoms with Crippen LogP contribution in [0.3, 0.4) is 0 Å². The first kappa shape index (κ1) is 15.0. The average molecular weight is 324 g/mol. The molecule has 2 atom stereocenters. The lowest BCUT2D eigenvalue weighted by molar-refractivity contribution is 0.102. The van der Waals surface area contributed by atoms with Crippen LogP contribution >= 0.6 is 0 Å². The van der Waals surface area contributed by atoms with E-state index in [1.54, 1.807) is 19.4 Å². The topological polar surface area (TPSA) is 66.5 Å². The second-order valence-corrected chi connectivity index (χ2v) is 6.32. The number of nitrogens with zero attached hydrogens (tertiary/aromatic N) is 2. The summed E-state index contributed by atoms with van der Waals surface area (Å²) in [4.78, 5) is 19.0. The molecule has 3 fully saturated rings. The Morgan fingerprint density at radius 1 is 1.29 bits per heavy atom. The number of fused-ring (bicyclic) bond motifs is 2. The molecule has 4 heterocycles. The van der Waals surface area contributed by atoms with Crippen LogP contribution in [-0.2, 0) is 0 Å². The standard InChI is InChI=1S/C18H20N4O2/c1-24-17-4-2-3-13(7-17)21-18(23)12-5-16(9-19-8-12)22-10-14-6-15(11-22)20-14/h2-5,7-9,14-15,20H,6,10-11H2,1H3,(H,21,23). The van der Waals surface area contributed by atoms with E-state index in [-0.39, 0.29) is 5.91 Å². The van der Waals surface area contributed by atoms with Crippen LogP contribution in [0, 0.1) is 0 Å².